The zero-order valence-electron chi connectivity index (χ0n) is 12.4. The topological polar surface area (TPSA) is 65.5 Å². The Balaban J connectivity index is 0.00000176. The third-order valence-corrected chi connectivity index (χ3v) is 4.12. The third-order valence-electron chi connectivity index (χ3n) is 4.12. The molecule has 0 saturated carbocycles. The number of hydrogen-bond donors (Lipinski definition) is 1. The first-order valence-corrected chi connectivity index (χ1v) is 7.48. The van der Waals surface area contributed by atoms with Crippen molar-refractivity contribution in [3.8, 4) is 0 Å². The largest absolute Gasteiger partial charge is 0.338 e. The molecule has 3 rings (SSSR count). The molecule has 22 heavy (non-hydrogen) atoms. The molecule has 1 aromatic rings. The minimum atomic E-state index is -0.0540. The second-order valence-electron chi connectivity index (χ2n) is 5.48. The van der Waals surface area contributed by atoms with Crippen molar-refractivity contribution in [1.82, 2.24) is 20.1 Å². The molecule has 1 N–H and O–H groups in total. The zero-order chi connectivity index (χ0) is 14.7. The molecule has 6 nitrogen and oxygen atoms in total. The minimum absolute atomic E-state index is 0. The molecular formula is C15H21ClN4O2. The van der Waals surface area contributed by atoms with Gasteiger partial charge in [0.1, 0.15) is 5.69 Å². The number of carbonyl (C=O) groups excluding carboxylic acids is 2. The summed E-state index contributed by atoms with van der Waals surface area (Å²) in [6, 6.07) is 5.30. The highest BCUT2D eigenvalue weighted by molar-refractivity contribution is 5.92. The molecule has 2 amide bonds. The number of rotatable bonds is 2. The van der Waals surface area contributed by atoms with Crippen LogP contribution in [0, 0.1) is 0 Å². The van der Waals surface area contributed by atoms with Gasteiger partial charge in [0, 0.05) is 32.4 Å². The highest BCUT2D eigenvalue weighted by atomic mass is 35.5. The van der Waals surface area contributed by atoms with Crippen molar-refractivity contribution in [3.05, 3.63) is 30.1 Å². The maximum atomic E-state index is 12.3. The summed E-state index contributed by atoms with van der Waals surface area (Å²) in [5, 5.41) is 3.23. The van der Waals surface area contributed by atoms with E-state index in [0.29, 0.717) is 31.9 Å². The second kappa shape index (κ2) is 7.56. The number of nitrogens with zero attached hydrogens (tertiary/aromatic N) is 3. The molecule has 1 atom stereocenters. The Labute approximate surface area is 136 Å². The van der Waals surface area contributed by atoms with Gasteiger partial charge in [-0.15, -0.1) is 12.4 Å². The van der Waals surface area contributed by atoms with Gasteiger partial charge in [-0.05, 0) is 31.5 Å². The number of piperazine rings is 1. The quantitative estimate of drug-likeness (QED) is 0.862. The van der Waals surface area contributed by atoms with Crippen molar-refractivity contribution in [1.29, 1.82) is 0 Å². The summed E-state index contributed by atoms with van der Waals surface area (Å²) >= 11 is 0. The molecule has 2 aliphatic heterocycles. The predicted octanol–water partition coefficient (Wildman–Crippen LogP) is 0.540. The SMILES string of the molecule is Cl.O=C(c1ccccn1)N1CCN(C(=O)C2CCCN2)CC1. The summed E-state index contributed by atoms with van der Waals surface area (Å²) in [6.45, 7) is 3.29. The van der Waals surface area contributed by atoms with E-state index < -0.39 is 0 Å². The number of aromatic nitrogens is 1. The maximum absolute atomic E-state index is 12.3. The molecule has 2 aliphatic rings. The molecule has 0 bridgehead atoms. The highest BCUT2D eigenvalue weighted by Gasteiger charge is 2.30. The monoisotopic (exact) mass is 324 g/mol. The molecule has 0 aliphatic carbocycles. The molecule has 0 aromatic carbocycles. The second-order valence-corrected chi connectivity index (χ2v) is 5.48. The minimum Gasteiger partial charge on any atom is -0.338 e. The van der Waals surface area contributed by atoms with E-state index in [9.17, 15) is 9.59 Å². The average Bonchev–Trinajstić information content (AvgIpc) is 3.09. The molecule has 7 heteroatoms. The van der Waals surface area contributed by atoms with Crippen LogP contribution >= 0.6 is 12.4 Å². The Hall–Kier alpha value is -1.66. The maximum Gasteiger partial charge on any atom is 0.272 e. The van der Waals surface area contributed by atoms with E-state index in [1.807, 2.05) is 11.0 Å². The molecule has 1 unspecified atom stereocenters. The van der Waals surface area contributed by atoms with Gasteiger partial charge in [0.25, 0.3) is 5.91 Å². The molecule has 2 saturated heterocycles. The fourth-order valence-corrected chi connectivity index (χ4v) is 2.90. The van der Waals surface area contributed by atoms with Crippen molar-refractivity contribution in [2.24, 2.45) is 0 Å². The number of carbonyl (C=O) groups is 2. The summed E-state index contributed by atoms with van der Waals surface area (Å²) in [4.78, 5) is 32.3. The smallest absolute Gasteiger partial charge is 0.272 e. The molecular weight excluding hydrogens is 304 g/mol. The van der Waals surface area contributed by atoms with Crippen molar-refractivity contribution in [3.63, 3.8) is 0 Å². The van der Waals surface area contributed by atoms with Gasteiger partial charge in [0.05, 0.1) is 6.04 Å². The van der Waals surface area contributed by atoms with Crippen LogP contribution in [0.1, 0.15) is 23.3 Å². The van der Waals surface area contributed by atoms with Gasteiger partial charge in [-0.25, -0.2) is 0 Å². The summed E-state index contributed by atoms with van der Waals surface area (Å²) in [5.74, 6) is 0.124. The van der Waals surface area contributed by atoms with Gasteiger partial charge in [-0.3, -0.25) is 14.6 Å². The fraction of sp³-hybridized carbons (Fsp3) is 0.533. The average molecular weight is 325 g/mol. The van der Waals surface area contributed by atoms with Gasteiger partial charge in [-0.1, -0.05) is 6.07 Å². The van der Waals surface area contributed by atoms with Gasteiger partial charge in [-0.2, -0.15) is 0 Å². The number of amides is 2. The van der Waals surface area contributed by atoms with Crippen molar-refractivity contribution in [2.45, 2.75) is 18.9 Å². The lowest BCUT2D eigenvalue weighted by Crippen LogP contribution is -2.54. The number of hydrogen-bond acceptors (Lipinski definition) is 4. The van der Waals surface area contributed by atoms with E-state index in [-0.39, 0.29) is 30.3 Å². The van der Waals surface area contributed by atoms with Crippen LogP contribution in [0.15, 0.2) is 24.4 Å². The molecule has 0 spiro atoms. The lowest BCUT2D eigenvalue weighted by atomic mass is 10.2. The number of nitrogens with one attached hydrogen (secondary N) is 1. The first kappa shape index (κ1) is 16.7. The Morgan fingerprint density at radius 1 is 1.14 bits per heavy atom. The zero-order valence-corrected chi connectivity index (χ0v) is 13.2. The number of pyridine rings is 1. The fourth-order valence-electron chi connectivity index (χ4n) is 2.90. The van der Waals surface area contributed by atoms with Crippen LogP contribution < -0.4 is 5.32 Å². The van der Waals surface area contributed by atoms with Gasteiger partial charge in [0.2, 0.25) is 5.91 Å². The van der Waals surface area contributed by atoms with Crippen LogP contribution in [0.2, 0.25) is 0 Å². The van der Waals surface area contributed by atoms with E-state index in [1.165, 1.54) is 0 Å². The Morgan fingerprint density at radius 2 is 1.86 bits per heavy atom. The Kier molecular flexibility index (Phi) is 5.74. The van der Waals surface area contributed by atoms with E-state index in [2.05, 4.69) is 10.3 Å². The molecule has 0 radical (unpaired) electrons. The van der Waals surface area contributed by atoms with Crippen LogP contribution in [0.5, 0.6) is 0 Å². The van der Waals surface area contributed by atoms with Crippen molar-refractivity contribution < 1.29 is 9.59 Å². The van der Waals surface area contributed by atoms with Gasteiger partial charge in [0.15, 0.2) is 0 Å². The first-order valence-electron chi connectivity index (χ1n) is 7.48. The lowest BCUT2D eigenvalue weighted by molar-refractivity contribution is -0.134. The van der Waals surface area contributed by atoms with Crippen LogP contribution in [0.25, 0.3) is 0 Å². The normalized spacial score (nSPS) is 21.4. The molecule has 3 heterocycles. The van der Waals surface area contributed by atoms with Crippen LogP contribution in [-0.4, -0.2) is 65.4 Å². The first-order chi connectivity index (χ1) is 10.3. The Bertz CT molecular complexity index is 512. The van der Waals surface area contributed by atoms with E-state index in [0.717, 1.165) is 19.4 Å². The molecule has 120 valence electrons. The van der Waals surface area contributed by atoms with Crippen molar-refractivity contribution >= 4 is 24.2 Å². The van der Waals surface area contributed by atoms with Gasteiger partial charge >= 0.3 is 0 Å². The summed E-state index contributed by atoms with van der Waals surface area (Å²) in [7, 11) is 0. The summed E-state index contributed by atoms with van der Waals surface area (Å²) in [5.41, 5.74) is 0.467. The summed E-state index contributed by atoms with van der Waals surface area (Å²) in [6.07, 6.45) is 3.61. The standard InChI is InChI=1S/C15H20N4O2.ClH/c20-14(12-4-1-2-6-16-12)18-8-10-19(11-9-18)15(21)13-5-3-7-17-13;/h1-2,4,6,13,17H,3,5,7-11H2;1H. The highest BCUT2D eigenvalue weighted by Crippen LogP contribution is 2.12. The predicted molar refractivity (Wildman–Crippen MR) is 85.0 cm³/mol. The summed E-state index contributed by atoms with van der Waals surface area (Å²) < 4.78 is 0. The molecule has 2 fully saturated rings. The van der Waals surface area contributed by atoms with E-state index in [1.54, 1.807) is 23.2 Å². The number of halogens is 1. The van der Waals surface area contributed by atoms with Crippen LogP contribution in [-0.2, 0) is 4.79 Å². The Morgan fingerprint density at radius 3 is 2.45 bits per heavy atom. The molecule has 1 aromatic heterocycles. The van der Waals surface area contributed by atoms with E-state index in [4.69, 9.17) is 0 Å². The van der Waals surface area contributed by atoms with Crippen LogP contribution in [0.4, 0.5) is 0 Å². The van der Waals surface area contributed by atoms with Gasteiger partial charge < -0.3 is 15.1 Å². The van der Waals surface area contributed by atoms with Crippen LogP contribution in [0.3, 0.4) is 0 Å². The third kappa shape index (κ3) is 3.56. The van der Waals surface area contributed by atoms with E-state index >= 15 is 0 Å². The van der Waals surface area contributed by atoms with Crippen molar-refractivity contribution in [2.75, 3.05) is 32.7 Å². The lowest BCUT2D eigenvalue weighted by Gasteiger charge is -2.35.